The van der Waals surface area contributed by atoms with Crippen molar-refractivity contribution in [1.29, 1.82) is 0 Å². The van der Waals surface area contributed by atoms with Crippen LogP contribution < -0.4 is 10.6 Å². The second-order valence-electron chi connectivity index (χ2n) is 6.78. The van der Waals surface area contributed by atoms with Crippen LogP contribution in [0.3, 0.4) is 0 Å². The molecule has 3 rings (SSSR count). The van der Waals surface area contributed by atoms with E-state index in [0.717, 1.165) is 12.1 Å². The Morgan fingerprint density at radius 2 is 1.36 bits per heavy atom. The second kappa shape index (κ2) is 8.69. The monoisotopic (exact) mass is 380 g/mol. The molecule has 2 unspecified atom stereocenters. The smallest absolute Gasteiger partial charge is 0.338 e. The van der Waals surface area contributed by atoms with Gasteiger partial charge in [0, 0.05) is 11.4 Å². The van der Waals surface area contributed by atoms with E-state index in [9.17, 15) is 14.4 Å². The predicted molar refractivity (Wildman–Crippen MR) is 107 cm³/mol. The molecule has 2 atom stereocenters. The number of hydrogen-bond acceptors (Lipinski definition) is 4. The Morgan fingerprint density at radius 3 is 1.82 bits per heavy atom. The van der Waals surface area contributed by atoms with E-state index in [4.69, 9.17) is 4.74 Å². The summed E-state index contributed by atoms with van der Waals surface area (Å²) in [6, 6.07) is 14.2. The van der Waals surface area contributed by atoms with Crippen molar-refractivity contribution in [3.63, 3.8) is 0 Å². The first kappa shape index (κ1) is 19.6. The van der Waals surface area contributed by atoms with E-state index in [1.807, 2.05) is 24.3 Å². The second-order valence-corrected chi connectivity index (χ2v) is 6.78. The van der Waals surface area contributed by atoms with Gasteiger partial charge in [-0.15, -0.1) is 0 Å². The van der Waals surface area contributed by atoms with Crippen molar-refractivity contribution in [3.05, 3.63) is 59.7 Å². The molecule has 6 heteroatoms. The summed E-state index contributed by atoms with van der Waals surface area (Å²) >= 11 is 0. The number of amides is 2. The number of esters is 1. The summed E-state index contributed by atoms with van der Waals surface area (Å²) in [7, 11) is 0. The van der Waals surface area contributed by atoms with Crippen LogP contribution in [-0.2, 0) is 20.7 Å². The maximum atomic E-state index is 12.4. The summed E-state index contributed by atoms with van der Waals surface area (Å²) in [6.45, 7) is 4.13. The highest BCUT2D eigenvalue weighted by atomic mass is 16.5. The molecule has 146 valence electrons. The summed E-state index contributed by atoms with van der Waals surface area (Å²) in [6.07, 6.45) is 1.48. The Hall–Kier alpha value is -3.15. The van der Waals surface area contributed by atoms with Crippen molar-refractivity contribution in [3.8, 4) is 0 Å². The highest BCUT2D eigenvalue weighted by molar-refractivity contribution is 6.03. The molecule has 6 nitrogen and oxygen atoms in total. The van der Waals surface area contributed by atoms with Crippen LogP contribution in [0, 0.1) is 11.8 Å². The molecule has 2 aromatic carbocycles. The first-order chi connectivity index (χ1) is 13.5. The van der Waals surface area contributed by atoms with Crippen molar-refractivity contribution in [2.75, 3.05) is 17.2 Å². The van der Waals surface area contributed by atoms with Gasteiger partial charge in [-0.1, -0.05) is 19.1 Å². The van der Waals surface area contributed by atoms with Crippen molar-refractivity contribution < 1.29 is 19.1 Å². The molecule has 0 bridgehead atoms. The minimum absolute atomic E-state index is 0.137. The Balaban J connectivity index is 1.50. The molecule has 2 amide bonds. The van der Waals surface area contributed by atoms with Gasteiger partial charge in [0.2, 0.25) is 11.8 Å². The number of carbonyl (C=O) groups excluding carboxylic acids is 3. The normalized spacial score (nSPS) is 17.5. The number of hydrogen-bond donors (Lipinski definition) is 2. The summed E-state index contributed by atoms with van der Waals surface area (Å²) in [5.41, 5.74) is 2.95. The zero-order valence-electron chi connectivity index (χ0n) is 16.0. The number of benzene rings is 2. The van der Waals surface area contributed by atoms with Gasteiger partial charge < -0.3 is 15.4 Å². The Kier molecular flexibility index (Phi) is 6.09. The van der Waals surface area contributed by atoms with Crippen molar-refractivity contribution in [1.82, 2.24) is 0 Å². The number of anilines is 2. The quantitative estimate of drug-likeness (QED) is 0.718. The average molecular weight is 380 g/mol. The maximum absolute atomic E-state index is 12.4. The van der Waals surface area contributed by atoms with Gasteiger partial charge >= 0.3 is 5.97 Å². The zero-order valence-corrected chi connectivity index (χ0v) is 16.0. The van der Waals surface area contributed by atoms with E-state index in [2.05, 4.69) is 17.6 Å². The van der Waals surface area contributed by atoms with E-state index >= 15 is 0 Å². The Morgan fingerprint density at radius 1 is 0.857 bits per heavy atom. The SMILES string of the molecule is CCOC(=O)c1ccc(NC(=O)C2CC2C(=O)Nc2ccc(CC)cc2)cc1. The molecule has 0 aromatic heterocycles. The van der Waals surface area contributed by atoms with Crippen LogP contribution in [0.4, 0.5) is 11.4 Å². The standard InChI is InChI=1S/C22H24N2O4/c1-3-14-5-9-16(10-6-14)23-20(25)18-13-19(18)21(26)24-17-11-7-15(8-12-17)22(27)28-4-2/h5-12,18-19H,3-4,13H2,1-2H3,(H,23,25)(H,24,26). The minimum Gasteiger partial charge on any atom is -0.462 e. The van der Waals surface area contributed by atoms with Crippen LogP contribution in [0.25, 0.3) is 0 Å². The molecule has 0 spiro atoms. The van der Waals surface area contributed by atoms with Gasteiger partial charge in [-0.25, -0.2) is 4.79 Å². The topological polar surface area (TPSA) is 84.5 Å². The Bertz CT molecular complexity index is 859. The van der Waals surface area contributed by atoms with E-state index in [0.29, 0.717) is 24.3 Å². The van der Waals surface area contributed by atoms with Gasteiger partial charge in [-0.2, -0.15) is 0 Å². The fourth-order valence-corrected chi connectivity index (χ4v) is 2.97. The third kappa shape index (κ3) is 4.76. The lowest BCUT2D eigenvalue weighted by atomic mass is 10.1. The number of nitrogens with one attached hydrogen (secondary N) is 2. The van der Waals surface area contributed by atoms with E-state index in [1.165, 1.54) is 5.56 Å². The number of aryl methyl sites for hydroxylation is 1. The number of rotatable bonds is 7. The first-order valence-corrected chi connectivity index (χ1v) is 9.49. The van der Waals surface area contributed by atoms with E-state index < -0.39 is 5.97 Å². The lowest BCUT2D eigenvalue weighted by Gasteiger charge is -2.07. The van der Waals surface area contributed by atoms with Crippen LogP contribution in [0.1, 0.15) is 36.2 Å². The molecule has 2 N–H and O–H groups in total. The summed E-state index contributed by atoms with van der Waals surface area (Å²) in [4.78, 5) is 36.3. The molecular weight excluding hydrogens is 356 g/mol. The predicted octanol–water partition coefficient (Wildman–Crippen LogP) is 3.64. The molecule has 0 heterocycles. The lowest BCUT2D eigenvalue weighted by Crippen LogP contribution is -2.20. The molecule has 2 aromatic rings. The van der Waals surface area contributed by atoms with Gasteiger partial charge in [-0.3, -0.25) is 9.59 Å². The fraction of sp³-hybridized carbons (Fsp3) is 0.318. The molecule has 28 heavy (non-hydrogen) atoms. The minimum atomic E-state index is -0.397. The lowest BCUT2D eigenvalue weighted by molar-refractivity contribution is -0.122. The Labute approximate surface area is 164 Å². The van der Waals surface area contributed by atoms with Crippen molar-refractivity contribution >= 4 is 29.2 Å². The summed E-state index contributed by atoms with van der Waals surface area (Å²) in [5.74, 6) is -1.37. The molecule has 1 fully saturated rings. The largest absolute Gasteiger partial charge is 0.462 e. The van der Waals surface area contributed by atoms with Crippen molar-refractivity contribution in [2.24, 2.45) is 11.8 Å². The molecule has 0 aliphatic heterocycles. The highest BCUT2D eigenvalue weighted by Crippen LogP contribution is 2.40. The summed E-state index contributed by atoms with van der Waals surface area (Å²) in [5, 5.41) is 5.66. The molecule has 1 aliphatic rings. The highest BCUT2D eigenvalue weighted by Gasteiger charge is 2.48. The van der Waals surface area contributed by atoms with E-state index in [-0.39, 0.29) is 23.7 Å². The average Bonchev–Trinajstić information content (AvgIpc) is 3.50. The molecule has 1 saturated carbocycles. The van der Waals surface area contributed by atoms with Gasteiger partial charge in [0.1, 0.15) is 0 Å². The maximum Gasteiger partial charge on any atom is 0.338 e. The van der Waals surface area contributed by atoms with Crippen LogP contribution in [0.5, 0.6) is 0 Å². The van der Waals surface area contributed by atoms with Crippen LogP contribution >= 0.6 is 0 Å². The third-order valence-corrected chi connectivity index (χ3v) is 4.76. The fourth-order valence-electron chi connectivity index (χ4n) is 2.97. The molecule has 0 radical (unpaired) electrons. The van der Waals surface area contributed by atoms with Crippen LogP contribution in [0.15, 0.2) is 48.5 Å². The molecule has 0 saturated heterocycles. The van der Waals surface area contributed by atoms with Crippen LogP contribution in [0.2, 0.25) is 0 Å². The van der Waals surface area contributed by atoms with E-state index in [1.54, 1.807) is 31.2 Å². The van der Waals surface area contributed by atoms with Crippen LogP contribution in [-0.4, -0.2) is 24.4 Å². The molecular formula is C22H24N2O4. The van der Waals surface area contributed by atoms with Crippen molar-refractivity contribution in [2.45, 2.75) is 26.7 Å². The zero-order chi connectivity index (χ0) is 20.1. The number of ether oxygens (including phenoxy) is 1. The van der Waals surface area contributed by atoms with Gasteiger partial charge in [0.15, 0.2) is 0 Å². The van der Waals surface area contributed by atoms with Gasteiger partial charge in [0.25, 0.3) is 0 Å². The van der Waals surface area contributed by atoms with Gasteiger partial charge in [-0.05, 0) is 61.7 Å². The third-order valence-electron chi connectivity index (χ3n) is 4.76. The molecule has 1 aliphatic carbocycles. The summed E-state index contributed by atoms with van der Waals surface area (Å²) < 4.78 is 4.93. The first-order valence-electron chi connectivity index (χ1n) is 9.49. The number of carbonyl (C=O) groups is 3. The van der Waals surface area contributed by atoms with Gasteiger partial charge in [0.05, 0.1) is 24.0 Å².